The number of nitrogens with one attached hydrogen (secondary N) is 1. The summed E-state index contributed by atoms with van der Waals surface area (Å²) in [5, 5.41) is 3.40. The summed E-state index contributed by atoms with van der Waals surface area (Å²) in [5.41, 5.74) is 3.95. The van der Waals surface area contributed by atoms with E-state index in [1.165, 1.54) is 23.1 Å². The van der Waals surface area contributed by atoms with Gasteiger partial charge in [-0.05, 0) is 44.0 Å². The highest BCUT2D eigenvalue weighted by Crippen LogP contribution is 2.32. The van der Waals surface area contributed by atoms with E-state index in [4.69, 9.17) is 4.74 Å². The first-order chi connectivity index (χ1) is 6.72. The van der Waals surface area contributed by atoms with E-state index in [0.29, 0.717) is 6.04 Å². The predicted molar refractivity (Wildman–Crippen MR) is 57.8 cm³/mol. The molecule has 2 nitrogen and oxygen atoms in total. The third-order valence-corrected chi connectivity index (χ3v) is 3.05. The molecule has 0 saturated carbocycles. The molecule has 1 N–H and O–H groups in total. The first-order valence-electron chi connectivity index (χ1n) is 5.11. The van der Waals surface area contributed by atoms with Crippen LogP contribution in [0.2, 0.25) is 0 Å². The molecule has 14 heavy (non-hydrogen) atoms. The molecule has 0 bridgehead atoms. The van der Waals surface area contributed by atoms with Gasteiger partial charge in [-0.2, -0.15) is 0 Å². The van der Waals surface area contributed by atoms with E-state index in [0.717, 1.165) is 12.3 Å². The minimum atomic E-state index is 0.504. The zero-order chi connectivity index (χ0) is 10.1. The third kappa shape index (κ3) is 1.50. The highest BCUT2D eigenvalue weighted by molar-refractivity contribution is 5.44. The summed E-state index contributed by atoms with van der Waals surface area (Å²) >= 11 is 0. The molecule has 76 valence electrons. The Balaban J connectivity index is 2.40. The van der Waals surface area contributed by atoms with Crippen LogP contribution in [0.3, 0.4) is 0 Å². The molecule has 1 aliphatic heterocycles. The average molecular weight is 191 g/mol. The Morgan fingerprint density at radius 2 is 1.93 bits per heavy atom. The Morgan fingerprint density at radius 1 is 1.29 bits per heavy atom. The maximum atomic E-state index is 5.40. The SMILES string of the molecule is COc1cc(C)c(C)cc1C1CCN1. The Bertz CT molecular complexity index is 342. The number of benzene rings is 1. The van der Waals surface area contributed by atoms with Crippen molar-refractivity contribution in [3.63, 3.8) is 0 Å². The molecule has 0 amide bonds. The van der Waals surface area contributed by atoms with E-state index >= 15 is 0 Å². The lowest BCUT2D eigenvalue weighted by atomic mass is 9.94. The van der Waals surface area contributed by atoms with Crippen molar-refractivity contribution in [2.24, 2.45) is 0 Å². The standard InChI is InChI=1S/C12H17NO/c1-8-6-10(11-4-5-13-11)12(14-3)7-9(8)2/h6-7,11,13H,4-5H2,1-3H3. The van der Waals surface area contributed by atoms with Gasteiger partial charge in [0.2, 0.25) is 0 Å². The molecule has 1 atom stereocenters. The number of hydrogen-bond acceptors (Lipinski definition) is 2. The van der Waals surface area contributed by atoms with Crippen LogP contribution in [0.5, 0.6) is 5.75 Å². The van der Waals surface area contributed by atoms with Crippen molar-refractivity contribution in [1.29, 1.82) is 0 Å². The maximum Gasteiger partial charge on any atom is 0.123 e. The Morgan fingerprint density at radius 3 is 2.43 bits per heavy atom. The normalized spacial score (nSPS) is 20.4. The summed E-state index contributed by atoms with van der Waals surface area (Å²) < 4.78 is 5.40. The van der Waals surface area contributed by atoms with Crippen LogP contribution in [0.1, 0.15) is 29.2 Å². The van der Waals surface area contributed by atoms with Gasteiger partial charge in [0.1, 0.15) is 5.75 Å². The van der Waals surface area contributed by atoms with Crippen molar-refractivity contribution >= 4 is 0 Å². The van der Waals surface area contributed by atoms with Crippen LogP contribution in [0, 0.1) is 13.8 Å². The summed E-state index contributed by atoms with van der Waals surface area (Å²) in [7, 11) is 1.74. The predicted octanol–water partition coefficient (Wildman–Crippen LogP) is 2.35. The van der Waals surface area contributed by atoms with Crippen molar-refractivity contribution in [3.8, 4) is 5.75 Å². The quantitative estimate of drug-likeness (QED) is 0.774. The van der Waals surface area contributed by atoms with Crippen LogP contribution in [-0.4, -0.2) is 13.7 Å². The molecule has 1 aliphatic rings. The summed E-state index contributed by atoms with van der Waals surface area (Å²) in [4.78, 5) is 0. The Hall–Kier alpha value is -1.02. The van der Waals surface area contributed by atoms with Gasteiger partial charge >= 0.3 is 0 Å². The van der Waals surface area contributed by atoms with E-state index in [-0.39, 0.29) is 0 Å². The van der Waals surface area contributed by atoms with Crippen molar-refractivity contribution in [2.75, 3.05) is 13.7 Å². The van der Waals surface area contributed by atoms with Gasteiger partial charge in [0.05, 0.1) is 7.11 Å². The molecule has 2 heteroatoms. The summed E-state index contributed by atoms with van der Waals surface area (Å²) in [6, 6.07) is 4.87. The van der Waals surface area contributed by atoms with Gasteiger partial charge in [-0.15, -0.1) is 0 Å². The highest BCUT2D eigenvalue weighted by Gasteiger charge is 2.22. The highest BCUT2D eigenvalue weighted by atomic mass is 16.5. The van der Waals surface area contributed by atoms with Gasteiger partial charge in [-0.25, -0.2) is 0 Å². The smallest absolute Gasteiger partial charge is 0.123 e. The largest absolute Gasteiger partial charge is 0.496 e. The first-order valence-corrected chi connectivity index (χ1v) is 5.11. The molecule has 1 aromatic rings. The Kier molecular flexibility index (Phi) is 2.46. The molecule has 0 aliphatic carbocycles. The molecule has 0 radical (unpaired) electrons. The second kappa shape index (κ2) is 3.62. The lowest BCUT2D eigenvalue weighted by molar-refractivity contribution is 0.353. The van der Waals surface area contributed by atoms with Crippen LogP contribution in [0.25, 0.3) is 0 Å². The fourth-order valence-corrected chi connectivity index (χ4v) is 1.82. The summed E-state index contributed by atoms with van der Waals surface area (Å²) in [5.74, 6) is 1.02. The van der Waals surface area contributed by atoms with Crippen LogP contribution < -0.4 is 10.1 Å². The summed E-state index contributed by atoms with van der Waals surface area (Å²) in [6.45, 7) is 5.40. The minimum Gasteiger partial charge on any atom is -0.496 e. The maximum absolute atomic E-state index is 5.40. The molecular formula is C12H17NO. The van der Waals surface area contributed by atoms with Crippen molar-refractivity contribution in [3.05, 3.63) is 28.8 Å². The molecule has 1 fully saturated rings. The van der Waals surface area contributed by atoms with Crippen molar-refractivity contribution in [2.45, 2.75) is 26.3 Å². The molecule has 0 aromatic heterocycles. The number of methoxy groups -OCH3 is 1. The minimum absolute atomic E-state index is 0.504. The molecular weight excluding hydrogens is 174 g/mol. The van der Waals surface area contributed by atoms with Gasteiger partial charge in [-0.1, -0.05) is 6.07 Å². The zero-order valence-corrected chi connectivity index (χ0v) is 9.05. The topological polar surface area (TPSA) is 21.3 Å². The van der Waals surface area contributed by atoms with E-state index in [1.807, 2.05) is 0 Å². The van der Waals surface area contributed by atoms with E-state index in [2.05, 4.69) is 31.3 Å². The molecule has 1 aromatic carbocycles. The van der Waals surface area contributed by atoms with Gasteiger partial charge in [0.15, 0.2) is 0 Å². The van der Waals surface area contributed by atoms with Crippen molar-refractivity contribution < 1.29 is 4.74 Å². The number of rotatable bonds is 2. The van der Waals surface area contributed by atoms with Crippen LogP contribution in [0.4, 0.5) is 0 Å². The lowest BCUT2D eigenvalue weighted by Crippen LogP contribution is -2.35. The molecule has 2 rings (SSSR count). The number of hydrogen-bond donors (Lipinski definition) is 1. The lowest BCUT2D eigenvalue weighted by Gasteiger charge is -2.29. The van der Waals surface area contributed by atoms with Gasteiger partial charge in [-0.3, -0.25) is 0 Å². The van der Waals surface area contributed by atoms with Gasteiger partial charge in [0, 0.05) is 11.6 Å². The fraction of sp³-hybridized carbons (Fsp3) is 0.500. The second-order valence-electron chi connectivity index (χ2n) is 3.97. The van der Waals surface area contributed by atoms with E-state index in [9.17, 15) is 0 Å². The number of aryl methyl sites for hydroxylation is 2. The molecule has 1 heterocycles. The second-order valence-corrected chi connectivity index (χ2v) is 3.97. The van der Waals surface area contributed by atoms with Crippen molar-refractivity contribution in [1.82, 2.24) is 5.32 Å². The van der Waals surface area contributed by atoms with Crippen LogP contribution in [0.15, 0.2) is 12.1 Å². The van der Waals surface area contributed by atoms with Gasteiger partial charge < -0.3 is 10.1 Å². The Labute approximate surface area is 85.3 Å². The van der Waals surface area contributed by atoms with Crippen LogP contribution in [-0.2, 0) is 0 Å². The van der Waals surface area contributed by atoms with E-state index in [1.54, 1.807) is 7.11 Å². The molecule has 0 spiro atoms. The number of ether oxygens (including phenoxy) is 1. The zero-order valence-electron chi connectivity index (χ0n) is 9.05. The first kappa shape index (κ1) is 9.53. The molecule has 1 saturated heterocycles. The fourth-order valence-electron chi connectivity index (χ4n) is 1.82. The molecule has 1 unspecified atom stereocenters. The monoisotopic (exact) mass is 191 g/mol. The average Bonchev–Trinajstić information content (AvgIpc) is 2.08. The third-order valence-electron chi connectivity index (χ3n) is 3.05. The van der Waals surface area contributed by atoms with Crippen LogP contribution >= 0.6 is 0 Å². The van der Waals surface area contributed by atoms with E-state index < -0.39 is 0 Å². The van der Waals surface area contributed by atoms with Gasteiger partial charge in [0.25, 0.3) is 0 Å². The summed E-state index contributed by atoms with van der Waals surface area (Å²) in [6.07, 6.45) is 1.22.